The van der Waals surface area contributed by atoms with Crippen molar-refractivity contribution in [3.05, 3.63) is 34.9 Å². The zero-order chi connectivity index (χ0) is 27.2. The van der Waals surface area contributed by atoms with Crippen LogP contribution in [0.15, 0.2) is 18.2 Å². The van der Waals surface area contributed by atoms with E-state index in [1.807, 2.05) is 31.8 Å². The smallest absolute Gasteiger partial charge is 0.422 e. The lowest BCUT2D eigenvalue weighted by Crippen LogP contribution is -2.54. The molecule has 0 aromatic heterocycles. The second-order valence-corrected chi connectivity index (χ2v) is 11.7. The van der Waals surface area contributed by atoms with Crippen LogP contribution < -0.4 is 10.7 Å². The number of hydrogen-bond donors (Lipinski definition) is 2. The van der Waals surface area contributed by atoms with Gasteiger partial charge in [0.05, 0.1) is 11.1 Å². The van der Waals surface area contributed by atoms with E-state index in [1.54, 1.807) is 12.1 Å². The maximum Gasteiger partial charge on any atom is 0.422 e. The monoisotopic (exact) mass is 525 g/mol. The normalized spacial score (nSPS) is 23.8. The molecule has 1 unspecified atom stereocenters. The van der Waals surface area contributed by atoms with Crippen molar-refractivity contribution in [2.24, 2.45) is 5.92 Å². The van der Waals surface area contributed by atoms with E-state index in [0.29, 0.717) is 17.0 Å². The number of nitrogens with zero attached hydrogens (tertiary/aromatic N) is 3. The highest BCUT2D eigenvalue weighted by Crippen LogP contribution is 2.34. The largest absolute Gasteiger partial charge is 0.443 e. The number of nitrogens with one attached hydrogen (secondary N) is 2. The van der Waals surface area contributed by atoms with Gasteiger partial charge in [0.25, 0.3) is 11.8 Å². The van der Waals surface area contributed by atoms with Crippen LogP contribution in [0.4, 0.5) is 4.79 Å². The number of piperidine rings is 2. The fourth-order valence-electron chi connectivity index (χ4n) is 5.69. The standard InChI is InChI=1S/C27H35N5O6/c1-27(2,3)38-26(37)29-31-10-8-16(9-11-31)13-30-14-18(15-30)17-4-5-19-20(12-17)25(36)32(24(19)35)21-6-7-22(33)28-23(21)34/h4-5,12,16,18,21H,6-11,13-15H2,1-3H3,(H,29,37)(H,28,33,34). The van der Waals surface area contributed by atoms with Crippen molar-refractivity contribution in [3.63, 3.8) is 0 Å². The van der Waals surface area contributed by atoms with Gasteiger partial charge >= 0.3 is 6.09 Å². The zero-order valence-electron chi connectivity index (χ0n) is 22.1. The van der Waals surface area contributed by atoms with Crippen LogP contribution in [-0.2, 0) is 14.3 Å². The number of imide groups is 2. The molecule has 1 aromatic carbocycles. The third-order valence-corrected chi connectivity index (χ3v) is 7.67. The number of carbonyl (C=O) groups excluding carboxylic acids is 5. The number of rotatable bonds is 5. The minimum absolute atomic E-state index is 0.103. The van der Waals surface area contributed by atoms with Crippen molar-refractivity contribution < 1.29 is 28.7 Å². The molecule has 38 heavy (non-hydrogen) atoms. The third-order valence-electron chi connectivity index (χ3n) is 7.67. The Bertz CT molecular complexity index is 1160. The molecule has 0 saturated carbocycles. The molecule has 0 spiro atoms. The SMILES string of the molecule is CC(C)(C)OC(=O)NN1CCC(CN2CC(c3ccc4c(c3)C(=O)N(C3CCC(=O)NC3=O)C4=O)C2)CC1. The number of benzene rings is 1. The van der Waals surface area contributed by atoms with Crippen LogP contribution in [0.2, 0.25) is 0 Å². The highest BCUT2D eigenvalue weighted by atomic mass is 16.6. The summed E-state index contributed by atoms with van der Waals surface area (Å²) in [5, 5.41) is 4.14. The van der Waals surface area contributed by atoms with Crippen LogP contribution >= 0.6 is 0 Å². The lowest BCUT2D eigenvalue weighted by molar-refractivity contribution is -0.136. The Kier molecular flexibility index (Phi) is 6.99. The Morgan fingerprint density at radius 1 is 1.03 bits per heavy atom. The van der Waals surface area contributed by atoms with Gasteiger partial charge in [0.1, 0.15) is 11.6 Å². The van der Waals surface area contributed by atoms with Gasteiger partial charge in [0, 0.05) is 45.1 Å². The van der Waals surface area contributed by atoms with E-state index < -0.39 is 35.5 Å². The third kappa shape index (κ3) is 5.44. The molecule has 4 aliphatic heterocycles. The molecule has 11 heteroatoms. The molecular formula is C27H35N5O6. The maximum absolute atomic E-state index is 13.1. The molecule has 204 valence electrons. The van der Waals surface area contributed by atoms with Crippen LogP contribution in [0.25, 0.3) is 0 Å². The Hall–Kier alpha value is -3.31. The molecule has 4 aliphatic rings. The Morgan fingerprint density at radius 3 is 2.37 bits per heavy atom. The average molecular weight is 526 g/mol. The average Bonchev–Trinajstić information content (AvgIpc) is 3.05. The van der Waals surface area contributed by atoms with Crippen molar-refractivity contribution in [2.45, 2.75) is 64.0 Å². The van der Waals surface area contributed by atoms with Gasteiger partial charge in [0.2, 0.25) is 11.8 Å². The predicted octanol–water partition coefficient (Wildman–Crippen LogP) is 1.64. The second-order valence-electron chi connectivity index (χ2n) is 11.7. The maximum atomic E-state index is 13.1. The molecule has 0 bridgehead atoms. The topological polar surface area (TPSA) is 128 Å². The van der Waals surface area contributed by atoms with E-state index in [9.17, 15) is 24.0 Å². The van der Waals surface area contributed by atoms with Gasteiger partial charge in [0.15, 0.2) is 0 Å². The number of amides is 5. The van der Waals surface area contributed by atoms with Crippen molar-refractivity contribution >= 4 is 29.7 Å². The summed E-state index contributed by atoms with van der Waals surface area (Å²) in [5.41, 5.74) is 3.97. The molecule has 3 fully saturated rings. The van der Waals surface area contributed by atoms with Crippen molar-refractivity contribution in [1.29, 1.82) is 0 Å². The van der Waals surface area contributed by atoms with E-state index in [-0.39, 0.29) is 24.7 Å². The first kappa shape index (κ1) is 26.3. The van der Waals surface area contributed by atoms with E-state index in [4.69, 9.17) is 4.74 Å². The first-order valence-corrected chi connectivity index (χ1v) is 13.3. The number of ether oxygens (including phenoxy) is 1. The molecular weight excluding hydrogens is 490 g/mol. The lowest BCUT2D eigenvalue weighted by atomic mass is 9.87. The highest BCUT2D eigenvalue weighted by molar-refractivity contribution is 6.23. The Morgan fingerprint density at radius 2 is 1.71 bits per heavy atom. The van der Waals surface area contributed by atoms with Gasteiger partial charge in [-0.3, -0.25) is 34.8 Å². The summed E-state index contributed by atoms with van der Waals surface area (Å²) in [6, 6.07) is 4.44. The van der Waals surface area contributed by atoms with Gasteiger partial charge in [-0.1, -0.05) is 6.07 Å². The predicted molar refractivity (Wildman–Crippen MR) is 136 cm³/mol. The molecule has 2 N–H and O–H groups in total. The van der Waals surface area contributed by atoms with Gasteiger partial charge in [-0.15, -0.1) is 0 Å². The minimum atomic E-state index is -0.950. The summed E-state index contributed by atoms with van der Waals surface area (Å²) < 4.78 is 5.33. The molecule has 0 radical (unpaired) electrons. The minimum Gasteiger partial charge on any atom is -0.443 e. The van der Waals surface area contributed by atoms with Gasteiger partial charge in [-0.25, -0.2) is 9.80 Å². The lowest BCUT2D eigenvalue weighted by Gasteiger charge is -2.43. The molecule has 5 amide bonds. The van der Waals surface area contributed by atoms with Crippen molar-refractivity contribution in [3.8, 4) is 0 Å². The summed E-state index contributed by atoms with van der Waals surface area (Å²) in [5.74, 6) is -1.10. The van der Waals surface area contributed by atoms with Crippen LogP contribution in [0.1, 0.15) is 78.7 Å². The van der Waals surface area contributed by atoms with E-state index in [1.165, 1.54) is 0 Å². The van der Waals surface area contributed by atoms with E-state index >= 15 is 0 Å². The number of likely N-dealkylation sites (tertiary alicyclic amines) is 1. The quantitative estimate of drug-likeness (QED) is 0.556. The summed E-state index contributed by atoms with van der Waals surface area (Å²) in [4.78, 5) is 65.2. The molecule has 1 aromatic rings. The van der Waals surface area contributed by atoms with Crippen molar-refractivity contribution in [2.75, 3.05) is 32.7 Å². The number of hydrogen-bond acceptors (Lipinski definition) is 8. The number of hydrazine groups is 1. The molecule has 3 saturated heterocycles. The second kappa shape index (κ2) is 10.1. The number of fused-ring (bicyclic) bond motifs is 1. The van der Waals surface area contributed by atoms with Crippen LogP contribution in [-0.4, -0.2) is 88.9 Å². The van der Waals surface area contributed by atoms with Crippen LogP contribution in [0.5, 0.6) is 0 Å². The summed E-state index contributed by atoms with van der Waals surface area (Å²) in [7, 11) is 0. The van der Waals surface area contributed by atoms with Crippen LogP contribution in [0.3, 0.4) is 0 Å². The van der Waals surface area contributed by atoms with E-state index in [0.717, 1.165) is 56.0 Å². The van der Waals surface area contributed by atoms with Crippen LogP contribution in [0, 0.1) is 5.92 Å². The van der Waals surface area contributed by atoms with Gasteiger partial charge in [-0.2, -0.15) is 0 Å². The summed E-state index contributed by atoms with van der Waals surface area (Å²) in [6.45, 7) is 9.85. The fourth-order valence-corrected chi connectivity index (χ4v) is 5.69. The fraction of sp³-hybridized carbons (Fsp3) is 0.593. The molecule has 0 aliphatic carbocycles. The first-order valence-electron chi connectivity index (χ1n) is 13.3. The Labute approximate surface area is 221 Å². The zero-order valence-corrected chi connectivity index (χ0v) is 22.1. The van der Waals surface area contributed by atoms with E-state index in [2.05, 4.69) is 15.6 Å². The highest BCUT2D eigenvalue weighted by Gasteiger charge is 2.45. The molecule has 5 rings (SSSR count). The Balaban J connectivity index is 1.11. The van der Waals surface area contributed by atoms with Gasteiger partial charge in [-0.05, 0) is 63.6 Å². The molecule has 1 atom stereocenters. The molecule has 4 heterocycles. The number of carbonyl (C=O) groups is 5. The summed E-state index contributed by atoms with van der Waals surface area (Å²) in [6.07, 6.45) is 1.81. The molecule has 11 nitrogen and oxygen atoms in total. The van der Waals surface area contributed by atoms with Gasteiger partial charge < -0.3 is 9.64 Å². The van der Waals surface area contributed by atoms with Crippen molar-refractivity contribution in [1.82, 2.24) is 25.6 Å². The first-order chi connectivity index (χ1) is 18.0. The summed E-state index contributed by atoms with van der Waals surface area (Å²) >= 11 is 0.